The highest BCUT2D eigenvalue weighted by molar-refractivity contribution is 6.33. The lowest BCUT2D eigenvalue weighted by atomic mass is 9.97. The quantitative estimate of drug-likeness (QED) is 0.637. The molecule has 1 aromatic rings. The van der Waals surface area contributed by atoms with Gasteiger partial charge >= 0.3 is 0 Å². The lowest BCUT2D eigenvalue weighted by molar-refractivity contribution is -0.123. The van der Waals surface area contributed by atoms with Crippen LogP contribution in [0.25, 0.3) is 0 Å². The predicted octanol–water partition coefficient (Wildman–Crippen LogP) is 2.90. The highest BCUT2D eigenvalue weighted by atomic mass is 35.5. The van der Waals surface area contributed by atoms with E-state index in [2.05, 4.69) is 26.5 Å². The van der Waals surface area contributed by atoms with Gasteiger partial charge in [0, 0.05) is 32.7 Å². The van der Waals surface area contributed by atoms with Crippen LogP contribution >= 0.6 is 11.6 Å². The van der Waals surface area contributed by atoms with Crippen LogP contribution in [0.5, 0.6) is 0 Å². The summed E-state index contributed by atoms with van der Waals surface area (Å²) in [5.74, 6) is 0.0210. The van der Waals surface area contributed by atoms with Gasteiger partial charge in [-0.15, -0.1) is 0 Å². The lowest BCUT2D eigenvalue weighted by Crippen LogP contribution is -2.51. The minimum atomic E-state index is -0.0682. The van der Waals surface area contributed by atoms with Gasteiger partial charge in [-0.1, -0.05) is 35.4 Å². The molecule has 0 spiro atoms. The van der Waals surface area contributed by atoms with Gasteiger partial charge in [0.25, 0.3) is 0 Å². The molecule has 2 amide bonds. The zero-order valence-electron chi connectivity index (χ0n) is 17.0. The zero-order valence-corrected chi connectivity index (χ0v) is 17.7. The van der Waals surface area contributed by atoms with Crippen LogP contribution in [0.3, 0.4) is 0 Å². The van der Waals surface area contributed by atoms with E-state index in [4.69, 9.17) is 11.6 Å². The number of hydrogen-bond acceptors (Lipinski definition) is 4. The van der Waals surface area contributed by atoms with Gasteiger partial charge in [0.2, 0.25) is 11.8 Å². The number of nitrogens with one attached hydrogen (secondary N) is 2. The number of allylic oxidation sites excluding steroid dienone is 1. The third-order valence-corrected chi connectivity index (χ3v) is 5.83. The molecule has 0 aromatic heterocycles. The molecule has 0 bridgehead atoms. The third-order valence-electron chi connectivity index (χ3n) is 5.50. The first-order valence-corrected chi connectivity index (χ1v) is 10.9. The van der Waals surface area contributed by atoms with E-state index < -0.39 is 0 Å². The van der Waals surface area contributed by atoms with Crippen LogP contribution in [0.2, 0.25) is 5.02 Å². The standard InChI is InChI=1S/C22H31ClN4O2/c23-19-8-4-5-9-20(19)25-22(29)17-27-14-12-26(13-15-27)16-21(28)24-11-10-18-6-2-1-3-7-18/h4-6,8-9H,1-3,7,10-17H2,(H,24,28)(H,25,29). The number of nitrogens with zero attached hydrogens (tertiary/aromatic N) is 2. The number of amides is 2. The number of carbonyl (C=O) groups is 2. The summed E-state index contributed by atoms with van der Waals surface area (Å²) < 4.78 is 0. The fraction of sp³-hybridized carbons (Fsp3) is 0.545. The summed E-state index contributed by atoms with van der Waals surface area (Å²) in [7, 11) is 0. The Morgan fingerprint density at radius 1 is 0.966 bits per heavy atom. The molecule has 7 heteroatoms. The Labute approximate surface area is 178 Å². The molecular weight excluding hydrogens is 388 g/mol. The summed E-state index contributed by atoms with van der Waals surface area (Å²) >= 11 is 6.08. The van der Waals surface area contributed by atoms with E-state index >= 15 is 0 Å². The number of carbonyl (C=O) groups excluding carboxylic acids is 2. The molecule has 1 aliphatic heterocycles. The van der Waals surface area contributed by atoms with Crippen LogP contribution < -0.4 is 10.6 Å². The van der Waals surface area contributed by atoms with Gasteiger partial charge in [0.05, 0.1) is 23.8 Å². The van der Waals surface area contributed by atoms with Crippen molar-refractivity contribution in [3.8, 4) is 0 Å². The van der Waals surface area contributed by atoms with Crippen LogP contribution in [0.15, 0.2) is 35.9 Å². The highest BCUT2D eigenvalue weighted by Crippen LogP contribution is 2.20. The van der Waals surface area contributed by atoms with Gasteiger partial charge in [-0.05, 0) is 44.2 Å². The van der Waals surface area contributed by atoms with E-state index in [9.17, 15) is 9.59 Å². The molecule has 6 nitrogen and oxygen atoms in total. The fourth-order valence-electron chi connectivity index (χ4n) is 3.81. The van der Waals surface area contributed by atoms with E-state index in [0.29, 0.717) is 23.8 Å². The summed E-state index contributed by atoms with van der Waals surface area (Å²) in [6.45, 7) is 4.62. The van der Waals surface area contributed by atoms with Gasteiger partial charge in [-0.25, -0.2) is 0 Å². The van der Waals surface area contributed by atoms with Crippen molar-refractivity contribution in [3.63, 3.8) is 0 Å². The average Bonchev–Trinajstić information content (AvgIpc) is 2.72. The molecule has 2 N–H and O–H groups in total. The molecule has 0 atom stereocenters. The van der Waals surface area contributed by atoms with Crippen LogP contribution in [-0.4, -0.2) is 67.4 Å². The topological polar surface area (TPSA) is 64.7 Å². The highest BCUT2D eigenvalue weighted by Gasteiger charge is 2.20. The molecule has 1 aromatic carbocycles. The molecular formula is C22H31ClN4O2. The van der Waals surface area contributed by atoms with Crippen molar-refractivity contribution in [2.24, 2.45) is 0 Å². The van der Waals surface area contributed by atoms with Crippen LogP contribution in [0.4, 0.5) is 5.69 Å². The Morgan fingerprint density at radius 3 is 2.31 bits per heavy atom. The second kappa shape index (κ2) is 11.3. The first-order valence-electron chi connectivity index (χ1n) is 10.5. The maximum atomic E-state index is 12.2. The zero-order chi connectivity index (χ0) is 20.5. The van der Waals surface area contributed by atoms with Crippen molar-refractivity contribution in [1.29, 1.82) is 0 Å². The number of benzene rings is 1. The summed E-state index contributed by atoms with van der Waals surface area (Å²) in [6, 6.07) is 7.23. The van der Waals surface area contributed by atoms with Gasteiger partial charge < -0.3 is 10.6 Å². The maximum absolute atomic E-state index is 12.2. The number of piperazine rings is 1. The maximum Gasteiger partial charge on any atom is 0.238 e. The largest absolute Gasteiger partial charge is 0.355 e. The SMILES string of the molecule is O=C(CN1CCN(CC(=O)Nc2ccccc2Cl)CC1)NCCC1=CCCCC1. The van der Waals surface area contributed by atoms with Crippen LogP contribution in [-0.2, 0) is 9.59 Å². The third kappa shape index (κ3) is 7.46. The number of halogens is 1. The minimum absolute atomic E-state index is 0.0682. The number of para-hydroxylation sites is 1. The number of hydrogen-bond donors (Lipinski definition) is 2. The Kier molecular flexibility index (Phi) is 8.52. The van der Waals surface area contributed by atoms with Crippen molar-refractivity contribution in [2.45, 2.75) is 32.1 Å². The number of anilines is 1. The van der Waals surface area contributed by atoms with E-state index in [1.165, 1.54) is 31.3 Å². The Morgan fingerprint density at radius 2 is 1.66 bits per heavy atom. The molecule has 1 saturated heterocycles. The molecule has 2 aliphatic rings. The summed E-state index contributed by atoms with van der Waals surface area (Å²) in [6.07, 6.45) is 8.24. The van der Waals surface area contributed by atoms with Crippen molar-refractivity contribution in [1.82, 2.24) is 15.1 Å². The molecule has 0 unspecified atom stereocenters. The molecule has 29 heavy (non-hydrogen) atoms. The lowest BCUT2D eigenvalue weighted by Gasteiger charge is -2.33. The second-order valence-electron chi connectivity index (χ2n) is 7.79. The van der Waals surface area contributed by atoms with E-state index in [-0.39, 0.29) is 11.8 Å². The number of rotatable bonds is 8. The van der Waals surface area contributed by atoms with E-state index in [1.54, 1.807) is 12.1 Å². The molecule has 1 aliphatic carbocycles. The van der Waals surface area contributed by atoms with Crippen molar-refractivity contribution < 1.29 is 9.59 Å². The van der Waals surface area contributed by atoms with E-state index in [1.807, 2.05) is 12.1 Å². The summed E-state index contributed by atoms with van der Waals surface area (Å²) in [5, 5.41) is 6.44. The molecule has 158 valence electrons. The van der Waals surface area contributed by atoms with Crippen molar-refractivity contribution in [2.75, 3.05) is 51.1 Å². The summed E-state index contributed by atoms with van der Waals surface area (Å²) in [5.41, 5.74) is 2.12. The van der Waals surface area contributed by atoms with Gasteiger partial charge in [-0.3, -0.25) is 19.4 Å². The molecule has 1 fully saturated rings. The van der Waals surface area contributed by atoms with Crippen LogP contribution in [0, 0.1) is 0 Å². The second-order valence-corrected chi connectivity index (χ2v) is 8.20. The Hall–Kier alpha value is -1.89. The van der Waals surface area contributed by atoms with E-state index in [0.717, 1.165) is 39.1 Å². The molecule has 0 saturated carbocycles. The van der Waals surface area contributed by atoms with Gasteiger partial charge in [0.1, 0.15) is 0 Å². The van der Waals surface area contributed by atoms with Crippen LogP contribution in [0.1, 0.15) is 32.1 Å². The normalized spacial score (nSPS) is 18.2. The van der Waals surface area contributed by atoms with Crippen molar-refractivity contribution >= 4 is 29.1 Å². The minimum Gasteiger partial charge on any atom is -0.355 e. The smallest absolute Gasteiger partial charge is 0.238 e. The Bertz CT molecular complexity index is 729. The molecule has 3 rings (SSSR count). The summed E-state index contributed by atoms with van der Waals surface area (Å²) in [4.78, 5) is 28.7. The molecule has 0 radical (unpaired) electrons. The van der Waals surface area contributed by atoms with Gasteiger partial charge in [-0.2, -0.15) is 0 Å². The monoisotopic (exact) mass is 418 g/mol. The first kappa shape index (κ1) is 21.8. The first-order chi connectivity index (χ1) is 14.1. The molecule has 1 heterocycles. The van der Waals surface area contributed by atoms with Gasteiger partial charge in [0.15, 0.2) is 0 Å². The average molecular weight is 419 g/mol. The van der Waals surface area contributed by atoms with Crippen molar-refractivity contribution in [3.05, 3.63) is 40.9 Å². The Balaban J connectivity index is 1.30. The predicted molar refractivity (Wildman–Crippen MR) is 117 cm³/mol. The fourth-order valence-corrected chi connectivity index (χ4v) is 4.00.